The molecule has 1 aliphatic rings. The summed E-state index contributed by atoms with van der Waals surface area (Å²) in [6.07, 6.45) is -0.443. The van der Waals surface area contributed by atoms with Crippen LogP contribution >= 0.6 is 27.3 Å². The monoisotopic (exact) mass is 529 g/mol. The minimum atomic E-state index is -3.82. The molecule has 0 spiro atoms. The van der Waals surface area contributed by atoms with Crippen molar-refractivity contribution in [2.24, 2.45) is 0 Å². The average Bonchev–Trinajstić information content (AvgIpc) is 3.02. The Balaban J connectivity index is 2.07. The molecular weight excluding hydrogens is 502 g/mol. The Morgan fingerprint density at radius 3 is 2.48 bits per heavy atom. The van der Waals surface area contributed by atoms with Crippen molar-refractivity contribution >= 4 is 43.4 Å². The van der Waals surface area contributed by atoms with E-state index < -0.39 is 33.9 Å². The van der Waals surface area contributed by atoms with Crippen molar-refractivity contribution in [3.63, 3.8) is 0 Å². The molecule has 0 saturated heterocycles. The van der Waals surface area contributed by atoms with Gasteiger partial charge >= 0.3 is 6.09 Å². The second-order valence-electron chi connectivity index (χ2n) is 8.66. The first-order chi connectivity index (χ1) is 14.4. The molecule has 1 aromatic heterocycles. The van der Waals surface area contributed by atoms with E-state index in [1.165, 1.54) is 0 Å². The van der Waals surface area contributed by atoms with Gasteiger partial charge in [-0.1, -0.05) is 24.3 Å². The van der Waals surface area contributed by atoms with Gasteiger partial charge in [0.25, 0.3) is 10.0 Å². The number of ether oxygens (including phenoxy) is 1. The molecule has 0 fully saturated rings. The maximum atomic E-state index is 13.2. The van der Waals surface area contributed by atoms with E-state index in [4.69, 9.17) is 4.74 Å². The highest BCUT2D eigenvalue weighted by Gasteiger charge is 2.41. The van der Waals surface area contributed by atoms with E-state index in [9.17, 15) is 13.2 Å². The fourth-order valence-corrected chi connectivity index (χ4v) is 6.91. The van der Waals surface area contributed by atoms with E-state index in [0.29, 0.717) is 13.0 Å². The number of nitrogens with zero attached hydrogens (tertiary/aromatic N) is 2. The molecule has 0 saturated carbocycles. The zero-order valence-electron chi connectivity index (χ0n) is 18.3. The lowest BCUT2D eigenvalue weighted by Gasteiger charge is -2.40. The molecule has 0 bridgehead atoms. The molecule has 2 aromatic rings. The molecule has 1 N–H and O–H groups in total. The van der Waals surface area contributed by atoms with Crippen molar-refractivity contribution in [3.8, 4) is 0 Å². The molecule has 7 nitrogen and oxygen atoms in total. The Kier molecular flexibility index (Phi) is 7.17. The van der Waals surface area contributed by atoms with Crippen LogP contribution < -0.4 is 4.72 Å². The minimum absolute atomic E-state index is 0.211. The van der Waals surface area contributed by atoms with Gasteiger partial charge in [0.2, 0.25) is 0 Å². The topological polar surface area (TPSA) is 79.0 Å². The molecule has 31 heavy (non-hydrogen) atoms. The van der Waals surface area contributed by atoms with Crippen LogP contribution in [0.3, 0.4) is 0 Å². The van der Waals surface area contributed by atoms with Crippen LogP contribution in [0.1, 0.15) is 37.9 Å². The molecule has 3 rings (SSSR count). The Morgan fingerprint density at radius 2 is 1.90 bits per heavy atom. The van der Waals surface area contributed by atoms with E-state index in [1.54, 1.807) is 17.0 Å². The molecule has 1 aliphatic heterocycles. The van der Waals surface area contributed by atoms with Gasteiger partial charge in [0, 0.05) is 6.54 Å². The third kappa shape index (κ3) is 5.67. The average molecular weight is 531 g/mol. The number of hydrogen-bond donors (Lipinski definition) is 1. The van der Waals surface area contributed by atoms with Gasteiger partial charge < -0.3 is 4.74 Å². The zero-order chi connectivity index (χ0) is 23.0. The van der Waals surface area contributed by atoms with Crippen LogP contribution in [0.2, 0.25) is 0 Å². The number of rotatable bonds is 4. The van der Waals surface area contributed by atoms with Crippen molar-refractivity contribution < 1.29 is 17.9 Å². The van der Waals surface area contributed by atoms with Crippen molar-refractivity contribution in [2.45, 2.75) is 49.2 Å². The number of likely N-dealkylation sites (N-methyl/N-ethyl adjacent to an activating group) is 1. The predicted octanol–water partition coefficient (Wildman–Crippen LogP) is 4.21. The molecule has 170 valence electrons. The number of carbonyl (C=O) groups is 1. The van der Waals surface area contributed by atoms with E-state index in [2.05, 4.69) is 20.7 Å². The van der Waals surface area contributed by atoms with E-state index >= 15 is 0 Å². The second kappa shape index (κ2) is 9.19. The smallest absolute Gasteiger partial charge is 0.411 e. The molecule has 0 radical (unpaired) electrons. The lowest BCUT2D eigenvalue weighted by molar-refractivity contribution is -0.00840. The number of halogens is 1. The van der Waals surface area contributed by atoms with Gasteiger partial charge in [0.15, 0.2) is 0 Å². The first-order valence-electron chi connectivity index (χ1n) is 9.90. The summed E-state index contributed by atoms with van der Waals surface area (Å²) in [5, 5.41) is 0. The summed E-state index contributed by atoms with van der Waals surface area (Å²) in [6, 6.07) is 10.3. The number of fused-ring (bicyclic) bond motifs is 1. The Labute approximate surface area is 196 Å². The van der Waals surface area contributed by atoms with Gasteiger partial charge in [0.05, 0.1) is 9.83 Å². The second-order valence-corrected chi connectivity index (χ2v) is 13.1. The van der Waals surface area contributed by atoms with E-state index in [1.807, 2.05) is 64.0 Å². The summed E-state index contributed by atoms with van der Waals surface area (Å²) in [5.74, 6) is 0. The summed E-state index contributed by atoms with van der Waals surface area (Å²) < 4.78 is 35.9. The number of carbonyl (C=O) groups excluding carboxylic acids is 1. The summed E-state index contributed by atoms with van der Waals surface area (Å²) >= 11 is 4.47. The van der Waals surface area contributed by atoms with Gasteiger partial charge in [-0.15, -0.1) is 11.3 Å². The lowest BCUT2D eigenvalue weighted by atomic mass is 9.98. The molecule has 2 heterocycles. The summed E-state index contributed by atoms with van der Waals surface area (Å²) in [4.78, 5) is 16.6. The van der Waals surface area contributed by atoms with Crippen LogP contribution in [0.15, 0.2) is 44.4 Å². The van der Waals surface area contributed by atoms with Crippen LogP contribution in [-0.4, -0.2) is 56.7 Å². The number of thiophene rings is 1. The van der Waals surface area contributed by atoms with Crippen LogP contribution in [0.5, 0.6) is 0 Å². The third-order valence-corrected chi connectivity index (χ3v) is 8.44. The van der Waals surface area contributed by atoms with Gasteiger partial charge in [-0.3, -0.25) is 9.80 Å². The van der Waals surface area contributed by atoms with Crippen molar-refractivity contribution in [2.75, 3.05) is 20.6 Å². The van der Waals surface area contributed by atoms with Gasteiger partial charge in [-0.2, -0.15) is 4.72 Å². The van der Waals surface area contributed by atoms with Crippen LogP contribution in [0, 0.1) is 0 Å². The fourth-order valence-electron chi connectivity index (χ4n) is 3.67. The van der Waals surface area contributed by atoms with E-state index in [0.717, 1.165) is 26.3 Å². The molecule has 2 unspecified atom stereocenters. The van der Waals surface area contributed by atoms with Crippen molar-refractivity contribution in [1.82, 2.24) is 14.5 Å². The Bertz CT molecular complexity index is 1050. The quantitative estimate of drug-likeness (QED) is 0.641. The number of amides is 1. The number of sulfonamides is 1. The van der Waals surface area contributed by atoms with Crippen molar-refractivity contribution in [3.05, 3.63) is 51.3 Å². The third-order valence-electron chi connectivity index (χ3n) is 4.88. The lowest BCUT2D eigenvalue weighted by Crippen LogP contribution is -2.55. The molecule has 2 atom stereocenters. The van der Waals surface area contributed by atoms with Gasteiger partial charge in [-0.05, 0) is 80.5 Å². The standard InChI is InChI=1S/C21H28BrN3O4S2/c1-21(2,3)29-20(26)25-13-12-14-8-6-7-9-15(14)18(19(25)24(4)5)23-31(27,28)17-11-10-16(22)30-17/h6-11,18-19,23H,12-13H2,1-5H3. The summed E-state index contributed by atoms with van der Waals surface area (Å²) in [6.45, 7) is 5.86. The van der Waals surface area contributed by atoms with Crippen LogP contribution in [0.25, 0.3) is 0 Å². The fraction of sp³-hybridized carbons (Fsp3) is 0.476. The normalized spacial score (nSPS) is 19.8. The minimum Gasteiger partial charge on any atom is -0.444 e. The highest BCUT2D eigenvalue weighted by molar-refractivity contribution is 9.11. The highest BCUT2D eigenvalue weighted by Crippen LogP contribution is 2.34. The summed E-state index contributed by atoms with van der Waals surface area (Å²) in [7, 11) is -0.151. The summed E-state index contributed by atoms with van der Waals surface area (Å²) in [5.41, 5.74) is 1.19. The number of nitrogens with one attached hydrogen (secondary N) is 1. The Morgan fingerprint density at radius 1 is 1.23 bits per heavy atom. The van der Waals surface area contributed by atoms with Crippen molar-refractivity contribution in [1.29, 1.82) is 0 Å². The largest absolute Gasteiger partial charge is 0.444 e. The molecule has 1 aromatic carbocycles. The SMILES string of the molecule is CN(C)C1C(NS(=O)(=O)c2ccc(Br)s2)c2ccccc2CCN1C(=O)OC(C)(C)C. The maximum Gasteiger partial charge on any atom is 0.411 e. The number of hydrogen-bond acceptors (Lipinski definition) is 6. The van der Waals surface area contributed by atoms with E-state index in [-0.39, 0.29) is 4.21 Å². The molecule has 1 amide bonds. The molecule has 10 heteroatoms. The Hall–Kier alpha value is -1.46. The van der Waals surface area contributed by atoms with Gasteiger partial charge in [-0.25, -0.2) is 13.2 Å². The first kappa shape index (κ1) is 24.2. The molecular formula is C21H28BrN3O4S2. The van der Waals surface area contributed by atoms with Crippen LogP contribution in [-0.2, 0) is 21.2 Å². The predicted molar refractivity (Wildman–Crippen MR) is 126 cm³/mol. The first-order valence-corrected chi connectivity index (χ1v) is 13.0. The van der Waals surface area contributed by atoms with Crippen LogP contribution in [0.4, 0.5) is 4.79 Å². The van der Waals surface area contributed by atoms with Gasteiger partial charge in [0.1, 0.15) is 16.0 Å². The molecule has 0 aliphatic carbocycles. The number of benzene rings is 1. The highest BCUT2D eigenvalue weighted by atomic mass is 79.9. The maximum absolute atomic E-state index is 13.2. The zero-order valence-corrected chi connectivity index (χ0v) is 21.5.